The second kappa shape index (κ2) is 15.6. The summed E-state index contributed by atoms with van der Waals surface area (Å²) >= 11 is 0. The molecule has 44 heavy (non-hydrogen) atoms. The van der Waals surface area contributed by atoms with Crippen molar-refractivity contribution in [3.8, 4) is 11.8 Å². The average Bonchev–Trinajstić information content (AvgIpc) is 3.41. The predicted octanol–water partition coefficient (Wildman–Crippen LogP) is 3.77. The van der Waals surface area contributed by atoms with Gasteiger partial charge in [-0.15, -0.1) is 0 Å². The molecule has 1 aliphatic heterocycles. The Morgan fingerprint density at radius 2 is 1.84 bits per heavy atom. The van der Waals surface area contributed by atoms with Crippen LogP contribution in [0.1, 0.15) is 74.0 Å². The lowest BCUT2D eigenvalue weighted by atomic mass is 10.0. The van der Waals surface area contributed by atoms with Crippen LogP contribution in [0.15, 0.2) is 47.5 Å². The van der Waals surface area contributed by atoms with Crippen molar-refractivity contribution < 1.29 is 28.7 Å². The van der Waals surface area contributed by atoms with Gasteiger partial charge in [-0.3, -0.25) is 14.4 Å². The lowest BCUT2D eigenvalue weighted by molar-refractivity contribution is -0.143. The van der Waals surface area contributed by atoms with Gasteiger partial charge in [0.1, 0.15) is 18.0 Å². The Morgan fingerprint density at radius 3 is 2.50 bits per heavy atom. The molecule has 0 aliphatic carbocycles. The summed E-state index contributed by atoms with van der Waals surface area (Å²) in [6.07, 6.45) is 0.932. The van der Waals surface area contributed by atoms with E-state index in [-0.39, 0.29) is 43.3 Å². The minimum absolute atomic E-state index is 0.0691. The summed E-state index contributed by atoms with van der Waals surface area (Å²) in [5.74, 6) is 5.36. The zero-order valence-electron chi connectivity index (χ0n) is 26.0. The molecular weight excluding hydrogens is 562 g/mol. The molecule has 1 aliphatic rings. The van der Waals surface area contributed by atoms with Gasteiger partial charge in [-0.1, -0.05) is 11.8 Å². The number of nitrogens with two attached hydrogens (primary N) is 1. The zero-order valence-corrected chi connectivity index (χ0v) is 26.0. The fraction of sp³-hybridized carbons (Fsp3) is 0.424. The molecule has 2 aromatic rings. The van der Waals surface area contributed by atoms with Gasteiger partial charge >= 0.3 is 12.1 Å². The number of hydrogen-bond donors (Lipinski definition) is 3. The van der Waals surface area contributed by atoms with E-state index in [1.165, 1.54) is 0 Å². The summed E-state index contributed by atoms with van der Waals surface area (Å²) in [7, 11) is 0. The van der Waals surface area contributed by atoms with E-state index in [1.54, 1.807) is 50.8 Å². The number of amides is 3. The third-order valence-corrected chi connectivity index (χ3v) is 6.65. The second-order valence-corrected chi connectivity index (χ2v) is 11.3. The van der Waals surface area contributed by atoms with Gasteiger partial charge in [-0.05, 0) is 95.5 Å². The number of aryl methyl sites for hydroxylation is 1. The standard InChI is InChI=1S/C33H41N5O6/c1-6-43-29(40)21-36-28(39)20-26-10-8-18-38(26)31(41)27-16-11-23(19-22(27)2)9-7-17-35-25-14-12-24(13-15-25)30(34)37-32(42)44-33(3,4)5/h11-16,19,26,35H,6,8,10,17-18,20-21H2,1-5H3,(H,36,39)(H2,34,37,42). The Hall–Kier alpha value is -4.85. The van der Waals surface area contributed by atoms with Gasteiger partial charge in [0.2, 0.25) is 5.91 Å². The van der Waals surface area contributed by atoms with Crippen molar-refractivity contribution in [2.24, 2.45) is 10.7 Å². The van der Waals surface area contributed by atoms with E-state index < -0.39 is 17.7 Å². The van der Waals surface area contributed by atoms with Crippen molar-refractivity contribution in [2.75, 3.05) is 31.6 Å². The first-order chi connectivity index (χ1) is 20.9. The number of carbonyl (C=O) groups excluding carboxylic acids is 4. The van der Waals surface area contributed by atoms with Gasteiger partial charge in [0.25, 0.3) is 5.91 Å². The Balaban J connectivity index is 1.53. The summed E-state index contributed by atoms with van der Waals surface area (Å²) in [5, 5.41) is 5.78. The summed E-state index contributed by atoms with van der Waals surface area (Å²) < 4.78 is 10.00. The Bertz CT molecular complexity index is 1450. The number of amidine groups is 1. The Labute approximate surface area is 258 Å². The highest BCUT2D eigenvalue weighted by Crippen LogP contribution is 2.24. The Morgan fingerprint density at radius 1 is 1.11 bits per heavy atom. The van der Waals surface area contributed by atoms with Gasteiger partial charge in [0, 0.05) is 41.4 Å². The van der Waals surface area contributed by atoms with E-state index in [2.05, 4.69) is 27.5 Å². The minimum atomic E-state index is -0.742. The van der Waals surface area contributed by atoms with E-state index in [0.717, 1.165) is 29.7 Å². The van der Waals surface area contributed by atoms with Gasteiger partial charge in [0.15, 0.2) is 0 Å². The van der Waals surface area contributed by atoms with Crippen LogP contribution >= 0.6 is 0 Å². The van der Waals surface area contributed by atoms with Crippen LogP contribution in [0.25, 0.3) is 0 Å². The molecule has 3 rings (SSSR count). The van der Waals surface area contributed by atoms with Crippen molar-refractivity contribution in [2.45, 2.75) is 65.5 Å². The number of aliphatic imine (C=N–C) groups is 1. The van der Waals surface area contributed by atoms with Crippen LogP contribution in [0.3, 0.4) is 0 Å². The molecule has 0 aromatic heterocycles. The fourth-order valence-electron chi connectivity index (χ4n) is 4.62. The summed E-state index contributed by atoms with van der Waals surface area (Å²) in [5.41, 5.74) is 8.84. The molecule has 3 amide bonds. The lowest BCUT2D eigenvalue weighted by Gasteiger charge is -2.25. The Kier molecular flexibility index (Phi) is 11.9. The zero-order chi connectivity index (χ0) is 32.3. The van der Waals surface area contributed by atoms with Crippen LogP contribution in [-0.2, 0) is 19.1 Å². The average molecular weight is 604 g/mol. The van der Waals surface area contributed by atoms with E-state index in [4.69, 9.17) is 15.2 Å². The molecule has 0 spiro atoms. The van der Waals surface area contributed by atoms with Crippen molar-refractivity contribution in [3.63, 3.8) is 0 Å². The van der Waals surface area contributed by atoms with E-state index in [1.807, 2.05) is 31.2 Å². The summed E-state index contributed by atoms with van der Waals surface area (Å²) in [6.45, 7) is 9.87. The molecule has 11 nitrogen and oxygen atoms in total. The molecule has 1 saturated heterocycles. The summed E-state index contributed by atoms with van der Waals surface area (Å²) in [4.78, 5) is 54.6. The number of esters is 1. The van der Waals surface area contributed by atoms with Gasteiger partial charge < -0.3 is 30.7 Å². The van der Waals surface area contributed by atoms with Crippen molar-refractivity contribution in [3.05, 3.63) is 64.7 Å². The third-order valence-electron chi connectivity index (χ3n) is 6.65. The molecule has 0 saturated carbocycles. The number of anilines is 1. The molecule has 1 atom stereocenters. The van der Waals surface area contributed by atoms with Crippen LogP contribution in [0.5, 0.6) is 0 Å². The first-order valence-corrected chi connectivity index (χ1v) is 14.6. The number of ether oxygens (including phenoxy) is 2. The van der Waals surface area contributed by atoms with Crippen LogP contribution in [0.4, 0.5) is 10.5 Å². The highest BCUT2D eigenvalue weighted by atomic mass is 16.6. The largest absolute Gasteiger partial charge is 0.465 e. The first kappa shape index (κ1) is 33.6. The molecule has 4 N–H and O–H groups in total. The lowest BCUT2D eigenvalue weighted by Crippen LogP contribution is -2.40. The van der Waals surface area contributed by atoms with E-state index in [0.29, 0.717) is 24.2 Å². The number of benzene rings is 2. The minimum Gasteiger partial charge on any atom is -0.465 e. The second-order valence-electron chi connectivity index (χ2n) is 11.3. The molecule has 1 unspecified atom stereocenters. The van der Waals surface area contributed by atoms with Gasteiger partial charge in [-0.25, -0.2) is 4.79 Å². The predicted molar refractivity (Wildman–Crippen MR) is 168 cm³/mol. The van der Waals surface area contributed by atoms with Crippen molar-refractivity contribution in [1.29, 1.82) is 0 Å². The normalized spacial score (nSPS) is 14.7. The number of nitrogens with one attached hydrogen (secondary N) is 2. The molecular formula is C33H41N5O6. The molecule has 0 bridgehead atoms. The topological polar surface area (TPSA) is 152 Å². The third kappa shape index (κ3) is 10.5. The SMILES string of the molecule is CCOC(=O)CNC(=O)CC1CCCN1C(=O)c1ccc(C#CCNc2ccc(/C(N)=N\C(=O)OC(C)(C)C)cc2)cc1C. The van der Waals surface area contributed by atoms with Crippen LogP contribution < -0.4 is 16.4 Å². The van der Waals surface area contributed by atoms with E-state index in [9.17, 15) is 19.2 Å². The molecule has 1 heterocycles. The number of carbonyl (C=O) groups is 4. The van der Waals surface area contributed by atoms with Crippen molar-refractivity contribution in [1.82, 2.24) is 10.2 Å². The van der Waals surface area contributed by atoms with Crippen LogP contribution in [0.2, 0.25) is 0 Å². The molecule has 234 valence electrons. The van der Waals surface area contributed by atoms with Gasteiger partial charge in [0.05, 0.1) is 13.2 Å². The first-order valence-electron chi connectivity index (χ1n) is 14.6. The number of rotatable bonds is 9. The maximum Gasteiger partial charge on any atom is 0.436 e. The number of likely N-dealkylation sites (tertiary alicyclic amines) is 1. The summed E-state index contributed by atoms with van der Waals surface area (Å²) in [6, 6.07) is 12.4. The van der Waals surface area contributed by atoms with Gasteiger partial charge in [-0.2, -0.15) is 4.99 Å². The van der Waals surface area contributed by atoms with Crippen molar-refractivity contribution >= 4 is 35.4 Å². The fourth-order valence-corrected chi connectivity index (χ4v) is 4.62. The van der Waals surface area contributed by atoms with E-state index >= 15 is 0 Å². The maximum atomic E-state index is 13.3. The molecule has 2 aromatic carbocycles. The van der Waals surface area contributed by atoms with Crippen LogP contribution in [-0.4, -0.2) is 72.5 Å². The van der Waals surface area contributed by atoms with Crippen LogP contribution in [0, 0.1) is 18.8 Å². The maximum absolute atomic E-state index is 13.3. The number of hydrogen-bond acceptors (Lipinski definition) is 7. The molecule has 1 fully saturated rings. The number of nitrogens with zero attached hydrogens (tertiary/aromatic N) is 2. The molecule has 0 radical (unpaired) electrons. The quantitative estimate of drug-likeness (QED) is 0.170. The highest BCUT2D eigenvalue weighted by Gasteiger charge is 2.31. The smallest absolute Gasteiger partial charge is 0.436 e. The highest BCUT2D eigenvalue weighted by molar-refractivity contribution is 6.03. The molecule has 11 heteroatoms. The monoisotopic (exact) mass is 603 g/mol.